The van der Waals surface area contributed by atoms with Gasteiger partial charge >= 0.3 is 5.97 Å². The normalized spacial score (nSPS) is 11.1. The molecule has 0 aliphatic heterocycles. The van der Waals surface area contributed by atoms with Gasteiger partial charge in [-0.15, -0.1) is 0 Å². The number of hydrogen-bond donors (Lipinski definition) is 3. The number of benzene rings is 3. The maximum atomic E-state index is 12.3. The smallest absolute Gasteiger partial charge is 0.335 e. The Kier molecular flexibility index (Phi) is 5.54. The molecule has 3 aromatic rings. The van der Waals surface area contributed by atoms with E-state index in [4.69, 9.17) is 5.11 Å². The van der Waals surface area contributed by atoms with Crippen LogP contribution in [0.15, 0.2) is 78.9 Å². The number of carboxylic acid groups (broad SMARTS) is 1. The molecule has 0 fully saturated rings. The molecule has 0 aromatic heterocycles. The summed E-state index contributed by atoms with van der Waals surface area (Å²) in [4.78, 5) is 11.0. The third kappa shape index (κ3) is 5.16. The molecule has 3 aromatic carbocycles. The van der Waals surface area contributed by atoms with E-state index in [0.29, 0.717) is 11.3 Å². The minimum Gasteiger partial charge on any atom is -0.478 e. The molecule has 6 nitrogen and oxygen atoms in total. The first kappa shape index (κ1) is 18.6. The van der Waals surface area contributed by atoms with Crippen LogP contribution in [0.25, 0.3) is 11.1 Å². The van der Waals surface area contributed by atoms with Crippen LogP contribution in [0.1, 0.15) is 15.9 Å². The molecule has 27 heavy (non-hydrogen) atoms. The van der Waals surface area contributed by atoms with Crippen LogP contribution in [0.4, 0.5) is 5.69 Å². The molecule has 0 amide bonds. The molecule has 0 aliphatic carbocycles. The Morgan fingerprint density at radius 2 is 1.56 bits per heavy atom. The highest BCUT2D eigenvalue weighted by Gasteiger charge is 2.11. The summed E-state index contributed by atoms with van der Waals surface area (Å²) in [5, 5.41) is 9.00. The quantitative estimate of drug-likeness (QED) is 0.583. The van der Waals surface area contributed by atoms with Crippen LogP contribution >= 0.6 is 0 Å². The molecular weight excluding hydrogens is 364 g/mol. The Balaban J connectivity index is 1.70. The van der Waals surface area contributed by atoms with Gasteiger partial charge < -0.3 is 5.11 Å². The van der Waals surface area contributed by atoms with E-state index >= 15 is 0 Å². The summed E-state index contributed by atoms with van der Waals surface area (Å²) in [6.07, 6.45) is 0. The fourth-order valence-corrected chi connectivity index (χ4v) is 3.44. The van der Waals surface area contributed by atoms with Crippen molar-refractivity contribution < 1.29 is 18.3 Å². The maximum Gasteiger partial charge on any atom is 0.335 e. The van der Waals surface area contributed by atoms with Crippen molar-refractivity contribution in [2.24, 2.45) is 0 Å². The molecule has 0 saturated carbocycles. The molecule has 0 bridgehead atoms. The van der Waals surface area contributed by atoms with E-state index in [1.54, 1.807) is 30.3 Å². The van der Waals surface area contributed by atoms with Crippen LogP contribution in [0.5, 0.6) is 0 Å². The van der Waals surface area contributed by atoms with Gasteiger partial charge in [0, 0.05) is 6.54 Å². The number of nitrogens with one attached hydrogen (secondary N) is 2. The molecule has 0 saturated heterocycles. The van der Waals surface area contributed by atoms with Crippen molar-refractivity contribution in [1.29, 1.82) is 0 Å². The highest BCUT2D eigenvalue weighted by Crippen LogP contribution is 2.22. The standard InChI is InChI=1S/C20H18N2O4S/c23-20(24)18-10-4-6-15(12-18)14-21-27(25,26)22-19-11-5-9-17(13-19)16-7-2-1-3-8-16/h1-13,21-22H,14H2,(H,23,24). The summed E-state index contributed by atoms with van der Waals surface area (Å²) < 4.78 is 29.5. The SMILES string of the molecule is O=C(O)c1cccc(CNS(=O)(=O)Nc2cccc(-c3ccccc3)c2)c1. The van der Waals surface area contributed by atoms with Crippen LogP contribution in [0, 0.1) is 0 Å². The zero-order valence-electron chi connectivity index (χ0n) is 14.3. The number of anilines is 1. The predicted molar refractivity (Wildman–Crippen MR) is 105 cm³/mol. The summed E-state index contributed by atoms with van der Waals surface area (Å²) in [7, 11) is -3.81. The minimum atomic E-state index is -3.81. The summed E-state index contributed by atoms with van der Waals surface area (Å²) in [5.41, 5.74) is 2.97. The van der Waals surface area contributed by atoms with Gasteiger partial charge in [-0.05, 0) is 41.0 Å². The molecule has 0 atom stereocenters. The zero-order chi connectivity index (χ0) is 19.3. The lowest BCUT2D eigenvalue weighted by Crippen LogP contribution is -2.29. The topological polar surface area (TPSA) is 95.5 Å². The lowest BCUT2D eigenvalue weighted by Gasteiger charge is -2.11. The number of rotatable bonds is 7. The second-order valence-electron chi connectivity index (χ2n) is 5.88. The van der Waals surface area contributed by atoms with Crippen LogP contribution < -0.4 is 9.44 Å². The Morgan fingerprint density at radius 3 is 2.30 bits per heavy atom. The first-order chi connectivity index (χ1) is 12.9. The monoisotopic (exact) mass is 382 g/mol. The average Bonchev–Trinajstić information content (AvgIpc) is 2.67. The minimum absolute atomic E-state index is 0.0190. The first-order valence-corrected chi connectivity index (χ1v) is 9.66. The second-order valence-corrected chi connectivity index (χ2v) is 7.38. The van der Waals surface area contributed by atoms with E-state index in [2.05, 4.69) is 9.44 Å². The molecule has 3 N–H and O–H groups in total. The van der Waals surface area contributed by atoms with E-state index in [1.807, 2.05) is 36.4 Å². The van der Waals surface area contributed by atoms with Crippen molar-refractivity contribution in [2.45, 2.75) is 6.54 Å². The second kappa shape index (κ2) is 8.03. The van der Waals surface area contributed by atoms with Gasteiger partial charge in [-0.1, -0.05) is 54.6 Å². The lowest BCUT2D eigenvalue weighted by atomic mass is 10.1. The summed E-state index contributed by atoms with van der Waals surface area (Å²) in [6.45, 7) is -0.0190. The van der Waals surface area contributed by atoms with Crippen LogP contribution in [-0.4, -0.2) is 19.5 Å². The molecular formula is C20H18N2O4S. The van der Waals surface area contributed by atoms with E-state index in [1.165, 1.54) is 12.1 Å². The third-order valence-electron chi connectivity index (χ3n) is 3.86. The number of hydrogen-bond acceptors (Lipinski definition) is 3. The zero-order valence-corrected chi connectivity index (χ0v) is 15.1. The van der Waals surface area contributed by atoms with Crippen molar-refractivity contribution >= 4 is 21.9 Å². The summed E-state index contributed by atoms with van der Waals surface area (Å²) in [5.74, 6) is -1.06. The summed E-state index contributed by atoms with van der Waals surface area (Å²) in [6, 6.07) is 22.8. The van der Waals surface area contributed by atoms with Crippen molar-refractivity contribution in [3.8, 4) is 11.1 Å². The van der Waals surface area contributed by atoms with Gasteiger partial charge in [-0.3, -0.25) is 4.72 Å². The molecule has 138 valence electrons. The van der Waals surface area contributed by atoms with Gasteiger partial charge in [0.25, 0.3) is 10.2 Å². The Bertz CT molecular complexity index is 1050. The lowest BCUT2D eigenvalue weighted by molar-refractivity contribution is 0.0696. The largest absolute Gasteiger partial charge is 0.478 e. The number of aromatic carboxylic acids is 1. The Hall–Kier alpha value is -3.16. The van der Waals surface area contributed by atoms with Gasteiger partial charge in [0.1, 0.15) is 0 Å². The van der Waals surface area contributed by atoms with E-state index in [9.17, 15) is 13.2 Å². The van der Waals surface area contributed by atoms with Gasteiger partial charge in [-0.2, -0.15) is 13.1 Å². The molecule has 0 aliphatic rings. The first-order valence-electron chi connectivity index (χ1n) is 8.18. The van der Waals surface area contributed by atoms with Gasteiger partial charge in [0.2, 0.25) is 0 Å². The van der Waals surface area contributed by atoms with Crippen molar-refractivity contribution in [3.63, 3.8) is 0 Å². The van der Waals surface area contributed by atoms with Gasteiger partial charge in [0.05, 0.1) is 11.3 Å². The van der Waals surface area contributed by atoms with Crippen molar-refractivity contribution in [2.75, 3.05) is 4.72 Å². The van der Waals surface area contributed by atoms with E-state index in [0.717, 1.165) is 11.1 Å². The average molecular weight is 382 g/mol. The van der Waals surface area contributed by atoms with Crippen LogP contribution in [0.3, 0.4) is 0 Å². The molecule has 0 heterocycles. The Morgan fingerprint density at radius 1 is 0.852 bits per heavy atom. The highest BCUT2D eigenvalue weighted by molar-refractivity contribution is 7.90. The van der Waals surface area contributed by atoms with E-state index in [-0.39, 0.29) is 12.1 Å². The van der Waals surface area contributed by atoms with E-state index < -0.39 is 16.2 Å². The molecule has 0 spiro atoms. The maximum absolute atomic E-state index is 12.3. The number of carboxylic acids is 1. The third-order valence-corrected chi connectivity index (χ3v) is 4.89. The van der Waals surface area contributed by atoms with Gasteiger partial charge in [0.15, 0.2) is 0 Å². The highest BCUT2D eigenvalue weighted by atomic mass is 32.2. The predicted octanol–water partition coefficient (Wildman–Crippen LogP) is 3.50. The fraction of sp³-hybridized carbons (Fsp3) is 0.0500. The molecule has 7 heteroatoms. The molecule has 0 unspecified atom stereocenters. The van der Waals surface area contributed by atoms with Crippen molar-refractivity contribution in [1.82, 2.24) is 4.72 Å². The number of carbonyl (C=O) groups is 1. The van der Waals surface area contributed by atoms with Gasteiger partial charge in [-0.25, -0.2) is 4.79 Å². The fourth-order valence-electron chi connectivity index (χ4n) is 2.58. The van der Waals surface area contributed by atoms with Crippen LogP contribution in [-0.2, 0) is 16.8 Å². The van der Waals surface area contributed by atoms with Crippen molar-refractivity contribution in [3.05, 3.63) is 90.0 Å². The molecule has 3 rings (SSSR count). The van der Waals surface area contributed by atoms with Crippen LogP contribution in [0.2, 0.25) is 0 Å². The summed E-state index contributed by atoms with van der Waals surface area (Å²) >= 11 is 0. The molecule has 0 radical (unpaired) electrons. The Labute approximate surface area is 157 Å².